The molecule has 17 heavy (non-hydrogen) atoms. The first-order valence-corrected chi connectivity index (χ1v) is 5.74. The molecule has 1 aromatic heterocycles. The number of carbonyl (C=O) groups is 1. The SMILES string of the molecule is Cn1nccc1CCNC(=O)C1(N)CCOC1. The Labute approximate surface area is 100 Å². The lowest BCUT2D eigenvalue weighted by Gasteiger charge is -2.20. The van der Waals surface area contributed by atoms with Crippen molar-refractivity contribution in [2.45, 2.75) is 18.4 Å². The van der Waals surface area contributed by atoms with Crippen LogP contribution >= 0.6 is 0 Å². The molecular formula is C11H18N4O2. The summed E-state index contributed by atoms with van der Waals surface area (Å²) in [5, 5.41) is 6.91. The Morgan fingerprint density at radius 1 is 1.76 bits per heavy atom. The predicted octanol–water partition coefficient (Wildman–Crippen LogP) is -0.803. The van der Waals surface area contributed by atoms with Crippen molar-refractivity contribution >= 4 is 5.91 Å². The molecule has 6 heteroatoms. The van der Waals surface area contributed by atoms with E-state index in [9.17, 15) is 4.79 Å². The van der Waals surface area contributed by atoms with Crippen LogP contribution in [0.1, 0.15) is 12.1 Å². The summed E-state index contributed by atoms with van der Waals surface area (Å²) in [4.78, 5) is 11.8. The molecule has 1 unspecified atom stereocenters. The highest BCUT2D eigenvalue weighted by Crippen LogP contribution is 2.15. The Morgan fingerprint density at radius 2 is 2.59 bits per heavy atom. The molecule has 0 bridgehead atoms. The minimum absolute atomic E-state index is 0.128. The van der Waals surface area contributed by atoms with E-state index in [0.29, 0.717) is 26.2 Å². The van der Waals surface area contributed by atoms with E-state index in [0.717, 1.165) is 12.1 Å². The van der Waals surface area contributed by atoms with E-state index in [1.807, 2.05) is 13.1 Å². The van der Waals surface area contributed by atoms with Gasteiger partial charge in [0.25, 0.3) is 0 Å². The van der Waals surface area contributed by atoms with Crippen molar-refractivity contribution in [3.8, 4) is 0 Å². The van der Waals surface area contributed by atoms with Crippen LogP contribution in [0.4, 0.5) is 0 Å². The van der Waals surface area contributed by atoms with Gasteiger partial charge in [-0.15, -0.1) is 0 Å². The maximum atomic E-state index is 11.8. The first-order valence-electron chi connectivity index (χ1n) is 5.74. The average molecular weight is 238 g/mol. The number of nitrogens with one attached hydrogen (secondary N) is 1. The van der Waals surface area contributed by atoms with Crippen molar-refractivity contribution < 1.29 is 9.53 Å². The molecule has 2 heterocycles. The van der Waals surface area contributed by atoms with Crippen LogP contribution in [0.5, 0.6) is 0 Å². The summed E-state index contributed by atoms with van der Waals surface area (Å²) in [6.45, 7) is 1.44. The molecule has 0 aliphatic carbocycles. The number of carbonyl (C=O) groups excluding carboxylic acids is 1. The van der Waals surface area contributed by atoms with Gasteiger partial charge in [-0.1, -0.05) is 0 Å². The highest BCUT2D eigenvalue weighted by Gasteiger charge is 2.37. The quantitative estimate of drug-likeness (QED) is 0.719. The maximum Gasteiger partial charge on any atom is 0.242 e. The monoisotopic (exact) mass is 238 g/mol. The Morgan fingerprint density at radius 3 is 3.18 bits per heavy atom. The zero-order valence-corrected chi connectivity index (χ0v) is 9.98. The molecule has 6 nitrogen and oxygen atoms in total. The molecular weight excluding hydrogens is 220 g/mol. The van der Waals surface area contributed by atoms with Crippen LogP contribution in [0.15, 0.2) is 12.3 Å². The normalized spacial score (nSPS) is 23.9. The molecule has 1 aliphatic heterocycles. The number of hydrogen-bond acceptors (Lipinski definition) is 4. The molecule has 3 N–H and O–H groups in total. The van der Waals surface area contributed by atoms with E-state index in [2.05, 4.69) is 10.4 Å². The van der Waals surface area contributed by atoms with Gasteiger partial charge in [0.1, 0.15) is 5.54 Å². The third kappa shape index (κ3) is 2.65. The van der Waals surface area contributed by atoms with Crippen LogP contribution < -0.4 is 11.1 Å². The highest BCUT2D eigenvalue weighted by atomic mass is 16.5. The van der Waals surface area contributed by atoms with E-state index in [1.165, 1.54) is 0 Å². The molecule has 1 amide bonds. The van der Waals surface area contributed by atoms with Gasteiger partial charge in [0.2, 0.25) is 5.91 Å². The second kappa shape index (κ2) is 4.85. The van der Waals surface area contributed by atoms with Gasteiger partial charge in [-0.3, -0.25) is 9.48 Å². The van der Waals surface area contributed by atoms with Crippen molar-refractivity contribution in [3.05, 3.63) is 18.0 Å². The van der Waals surface area contributed by atoms with Crippen molar-refractivity contribution in [2.24, 2.45) is 12.8 Å². The minimum Gasteiger partial charge on any atom is -0.379 e. The molecule has 0 radical (unpaired) electrons. The summed E-state index contributed by atoms with van der Waals surface area (Å²) in [5.74, 6) is -0.128. The first-order chi connectivity index (χ1) is 8.12. The van der Waals surface area contributed by atoms with Gasteiger partial charge >= 0.3 is 0 Å². The van der Waals surface area contributed by atoms with Crippen molar-refractivity contribution in [1.29, 1.82) is 0 Å². The van der Waals surface area contributed by atoms with Gasteiger partial charge in [0, 0.05) is 38.5 Å². The van der Waals surface area contributed by atoms with E-state index < -0.39 is 5.54 Å². The van der Waals surface area contributed by atoms with Crippen LogP contribution in [-0.4, -0.2) is 41.0 Å². The van der Waals surface area contributed by atoms with Gasteiger partial charge in [-0.25, -0.2) is 0 Å². The van der Waals surface area contributed by atoms with Crippen molar-refractivity contribution in [2.75, 3.05) is 19.8 Å². The van der Waals surface area contributed by atoms with E-state index in [-0.39, 0.29) is 5.91 Å². The first kappa shape index (κ1) is 12.1. The molecule has 0 spiro atoms. The maximum absolute atomic E-state index is 11.8. The average Bonchev–Trinajstić information content (AvgIpc) is 2.89. The molecule has 0 saturated carbocycles. The Balaban J connectivity index is 1.79. The van der Waals surface area contributed by atoms with Gasteiger partial charge < -0.3 is 15.8 Å². The van der Waals surface area contributed by atoms with Crippen molar-refractivity contribution in [3.63, 3.8) is 0 Å². The Kier molecular flexibility index (Phi) is 3.44. The number of aromatic nitrogens is 2. The summed E-state index contributed by atoms with van der Waals surface area (Å²) >= 11 is 0. The smallest absolute Gasteiger partial charge is 0.242 e. The largest absolute Gasteiger partial charge is 0.379 e. The third-order valence-electron chi connectivity index (χ3n) is 3.09. The number of nitrogens with zero attached hydrogens (tertiary/aromatic N) is 2. The Bertz CT molecular complexity index is 396. The van der Waals surface area contributed by atoms with Gasteiger partial charge in [0.15, 0.2) is 0 Å². The molecule has 1 aromatic rings. The summed E-state index contributed by atoms with van der Waals surface area (Å²) in [6, 6.07) is 1.93. The van der Waals surface area contributed by atoms with Crippen LogP contribution in [0, 0.1) is 0 Å². The van der Waals surface area contributed by atoms with E-state index >= 15 is 0 Å². The summed E-state index contributed by atoms with van der Waals surface area (Å²) in [6.07, 6.45) is 3.08. The summed E-state index contributed by atoms with van der Waals surface area (Å²) in [7, 11) is 1.88. The zero-order valence-electron chi connectivity index (χ0n) is 9.98. The fourth-order valence-corrected chi connectivity index (χ4v) is 1.89. The Hall–Kier alpha value is -1.40. The topological polar surface area (TPSA) is 82.2 Å². The minimum atomic E-state index is -0.841. The lowest BCUT2D eigenvalue weighted by molar-refractivity contribution is -0.126. The molecule has 1 saturated heterocycles. The van der Waals surface area contributed by atoms with Crippen LogP contribution in [0.25, 0.3) is 0 Å². The number of aryl methyl sites for hydroxylation is 1. The standard InChI is InChI=1S/C11H18N4O2/c1-15-9(3-6-14-15)2-5-13-10(16)11(12)4-7-17-8-11/h3,6H,2,4-5,7-8,12H2,1H3,(H,13,16). The number of amides is 1. The van der Waals surface area contributed by atoms with Gasteiger partial charge in [-0.2, -0.15) is 5.10 Å². The predicted molar refractivity (Wildman–Crippen MR) is 62.3 cm³/mol. The third-order valence-corrected chi connectivity index (χ3v) is 3.09. The fourth-order valence-electron chi connectivity index (χ4n) is 1.89. The van der Waals surface area contributed by atoms with Crippen LogP contribution in [0.3, 0.4) is 0 Å². The highest BCUT2D eigenvalue weighted by molar-refractivity contribution is 5.86. The lowest BCUT2D eigenvalue weighted by atomic mass is 9.99. The summed E-state index contributed by atoms with van der Waals surface area (Å²) < 4.78 is 6.95. The van der Waals surface area contributed by atoms with Gasteiger partial charge in [-0.05, 0) is 12.5 Å². The molecule has 1 aliphatic rings. The molecule has 2 rings (SSSR count). The van der Waals surface area contributed by atoms with Gasteiger partial charge in [0.05, 0.1) is 6.61 Å². The van der Waals surface area contributed by atoms with Crippen molar-refractivity contribution in [1.82, 2.24) is 15.1 Å². The zero-order chi connectivity index (χ0) is 12.3. The molecule has 94 valence electrons. The van der Waals surface area contributed by atoms with E-state index in [1.54, 1.807) is 10.9 Å². The summed E-state index contributed by atoms with van der Waals surface area (Å²) in [5.41, 5.74) is 6.18. The lowest BCUT2D eigenvalue weighted by Crippen LogP contribution is -2.54. The van der Waals surface area contributed by atoms with Crippen LogP contribution in [0.2, 0.25) is 0 Å². The van der Waals surface area contributed by atoms with Crippen LogP contribution in [-0.2, 0) is 23.0 Å². The molecule has 1 atom stereocenters. The number of nitrogens with two attached hydrogens (primary N) is 1. The second-order valence-corrected chi connectivity index (χ2v) is 4.41. The number of rotatable bonds is 4. The molecule has 0 aromatic carbocycles. The molecule has 1 fully saturated rings. The number of ether oxygens (including phenoxy) is 1. The second-order valence-electron chi connectivity index (χ2n) is 4.41. The van der Waals surface area contributed by atoms with E-state index in [4.69, 9.17) is 10.5 Å². The number of hydrogen-bond donors (Lipinski definition) is 2. The fraction of sp³-hybridized carbons (Fsp3) is 0.636.